The van der Waals surface area contributed by atoms with Gasteiger partial charge in [-0.25, -0.2) is 0 Å². The van der Waals surface area contributed by atoms with E-state index in [2.05, 4.69) is 10.2 Å². The van der Waals surface area contributed by atoms with E-state index in [9.17, 15) is 9.59 Å². The highest BCUT2D eigenvalue weighted by Crippen LogP contribution is 2.19. The Morgan fingerprint density at radius 1 is 1.41 bits per heavy atom. The Morgan fingerprint density at radius 3 is 2.59 bits per heavy atom. The molecule has 0 aliphatic carbocycles. The van der Waals surface area contributed by atoms with Crippen LogP contribution in [0.1, 0.15) is 26.7 Å². The van der Waals surface area contributed by atoms with Crippen molar-refractivity contribution in [3.63, 3.8) is 0 Å². The predicted molar refractivity (Wildman–Crippen MR) is 64.6 cm³/mol. The first kappa shape index (κ1) is 14.0. The number of carboxylic acids is 1. The van der Waals surface area contributed by atoms with Gasteiger partial charge in [0.2, 0.25) is 5.91 Å². The van der Waals surface area contributed by atoms with Crippen LogP contribution in [0.5, 0.6) is 0 Å². The first-order valence-corrected chi connectivity index (χ1v) is 6.09. The first-order valence-electron chi connectivity index (χ1n) is 6.09. The molecule has 2 unspecified atom stereocenters. The van der Waals surface area contributed by atoms with Crippen molar-refractivity contribution in [1.82, 2.24) is 10.2 Å². The lowest BCUT2D eigenvalue weighted by Crippen LogP contribution is -2.50. The van der Waals surface area contributed by atoms with Crippen LogP contribution < -0.4 is 5.32 Å². The van der Waals surface area contributed by atoms with Crippen LogP contribution in [0.15, 0.2) is 0 Å². The van der Waals surface area contributed by atoms with Gasteiger partial charge in [0.1, 0.15) is 0 Å². The minimum absolute atomic E-state index is 0.0276. The maximum absolute atomic E-state index is 11.6. The zero-order valence-electron chi connectivity index (χ0n) is 10.8. The van der Waals surface area contributed by atoms with Gasteiger partial charge < -0.3 is 15.3 Å². The van der Waals surface area contributed by atoms with Crippen LogP contribution in [0, 0.1) is 11.8 Å². The van der Waals surface area contributed by atoms with E-state index in [-0.39, 0.29) is 30.2 Å². The fourth-order valence-electron chi connectivity index (χ4n) is 2.31. The molecule has 1 aliphatic rings. The van der Waals surface area contributed by atoms with Gasteiger partial charge in [0.25, 0.3) is 0 Å². The largest absolute Gasteiger partial charge is 0.481 e. The Morgan fingerprint density at radius 2 is 2.06 bits per heavy atom. The summed E-state index contributed by atoms with van der Waals surface area (Å²) >= 11 is 0. The molecule has 5 nitrogen and oxygen atoms in total. The van der Waals surface area contributed by atoms with E-state index in [0.717, 1.165) is 19.5 Å². The number of carbonyl (C=O) groups is 2. The van der Waals surface area contributed by atoms with Crippen molar-refractivity contribution >= 4 is 11.9 Å². The Hall–Kier alpha value is -1.10. The normalized spacial score (nSPS) is 25.9. The summed E-state index contributed by atoms with van der Waals surface area (Å²) in [5.41, 5.74) is 0. The highest BCUT2D eigenvalue weighted by molar-refractivity contribution is 5.78. The number of nitrogens with zero attached hydrogens (tertiary/aromatic N) is 1. The number of piperidine rings is 1. The molecule has 5 heteroatoms. The van der Waals surface area contributed by atoms with Gasteiger partial charge in [-0.15, -0.1) is 0 Å². The number of hydrogen-bond donors (Lipinski definition) is 2. The van der Waals surface area contributed by atoms with Crippen LogP contribution in [-0.2, 0) is 9.59 Å². The molecular weight excluding hydrogens is 220 g/mol. The molecule has 0 bridgehead atoms. The molecule has 0 spiro atoms. The summed E-state index contributed by atoms with van der Waals surface area (Å²) in [5, 5.41) is 11.8. The molecule has 0 radical (unpaired) electrons. The van der Waals surface area contributed by atoms with Crippen molar-refractivity contribution in [3.8, 4) is 0 Å². The van der Waals surface area contributed by atoms with Gasteiger partial charge in [-0.3, -0.25) is 9.59 Å². The molecule has 1 amide bonds. The van der Waals surface area contributed by atoms with Crippen LogP contribution in [0.4, 0.5) is 0 Å². The van der Waals surface area contributed by atoms with Crippen LogP contribution in [-0.4, -0.2) is 48.1 Å². The van der Waals surface area contributed by atoms with E-state index in [1.165, 1.54) is 0 Å². The quantitative estimate of drug-likeness (QED) is 0.755. The number of likely N-dealkylation sites (tertiary alicyclic amines) is 1. The Bertz CT molecular complexity index is 291. The lowest BCUT2D eigenvalue weighted by molar-refractivity contribution is -0.138. The van der Waals surface area contributed by atoms with E-state index in [1.807, 2.05) is 20.9 Å². The molecule has 0 aromatic carbocycles. The van der Waals surface area contributed by atoms with Crippen molar-refractivity contribution in [1.29, 1.82) is 0 Å². The SMILES string of the molecule is CC(C)C(=O)NC1CC(CC(=O)O)CN(C)C1. The standard InChI is InChI=1S/C12H22N2O3/c1-8(2)12(17)13-10-4-9(5-11(15)16)6-14(3)7-10/h8-10H,4-7H2,1-3H3,(H,13,17)(H,15,16). The number of carbonyl (C=O) groups excluding carboxylic acids is 1. The van der Waals surface area contributed by atoms with E-state index in [1.54, 1.807) is 0 Å². The van der Waals surface area contributed by atoms with E-state index in [0.29, 0.717) is 0 Å². The summed E-state index contributed by atoms with van der Waals surface area (Å²) in [6.45, 7) is 5.31. The molecule has 0 aromatic heterocycles. The van der Waals surface area contributed by atoms with Gasteiger partial charge in [-0.1, -0.05) is 13.8 Å². The Kier molecular flexibility index (Phi) is 4.93. The van der Waals surface area contributed by atoms with Gasteiger partial charge in [0, 0.05) is 31.5 Å². The summed E-state index contributed by atoms with van der Waals surface area (Å²) in [6.07, 6.45) is 0.938. The zero-order chi connectivity index (χ0) is 13.0. The molecule has 0 aromatic rings. The molecular formula is C12H22N2O3. The van der Waals surface area contributed by atoms with Crippen LogP contribution in [0.2, 0.25) is 0 Å². The minimum Gasteiger partial charge on any atom is -0.481 e. The van der Waals surface area contributed by atoms with E-state index in [4.69, 9.17) is 5.11 Å². The van der Waals surface area contributed by atoms with Crippen molar-refractivity contribution in [2.24, 2.45) is 11.8 Å². The van der Waals surface area contributed by atoms with Crippen molar-refractivity contribution in [2.45, 2.75) is 32.7 Å². The summed E-state index contributed by atoms with van der Waals surface area (Å²) in [7, 11) is 1.96. The monoisotopic (exact) mass is 242 g/mol. The zero-order valence-corrected chi connectivity index (χ0v) is 10.8. The Labute approximate surface area is 102 Å². The molecule has 17 heavy (non-hydrogen) atoms. The fourth-order valence-corrected chi connectivity index (χ4v) is 2.31. The van der Waals surface area contributed by atoms with Crippen molar-refractivity contribution in [3.05, 3.63) is 0 Å². The lowest BCUT2D eigenvalue weighted by atomic mass is 9.91. The van der Waals surface area contributed by atoms with Crippen LogP contribution in [0.3, 0.4) is 0 Å². The molecule has 0 saturated carbocycles. The lowest BCUT2D eigenvalue weighted by Gasteiger charge is -2.35. The fraction of sp³-hybridized carbons (Fsp3) is 0.833. The molecule has 1 heterocycles. The van der Waals surface area contributed by atoms with E-state index >= 15 is 0 Å². The molecule has 2 N–H and O–H groups in total. The topological polar surface area (TPSA) is 69.6 Å². The molecule has 1 aliphatic heterocycles. The third-order valence-corrected chi connectivity index (χ3v) is 3.05. The second-order valence-corrected chi connectivity index (χ2v) is 5.28. The summed E-state index contributed by atoms with van der Waals surface area (Å²) in [4.78, 5) is 24.4. The second kappa shape index (κ2) is 6.00. The molecule has 98 valence electrons. The van der Waals surface area contributed by atoms with Gasteiger partial charge >= 0.3 is 5.97 Å². The minimum atomic E-state index is -0.765. The number of amides is 1. The summed E-state index contributed by atoms with van der Waals surface area (Å²) in [6, 6.07) is 0.0769. The van der Waals surface area contributed by atoms with Crippen molar-refractivity contribution < 1.29 is 14.7 Å². The Balaban J connectivity index is 2.50. The number of rotatable bonds is 4. The maximum atomic E-state index is 11.6. The van der Waals surface area contributed by atoms with Crippen LogP contribution in [0.25, 0.3) is 0 Å². The number of likely N-dealkylation sites (N-methyl/N-ethyl adjacent to an activating group) is 1. The predicted octanol–water partition coefficient (Wildman–Crippen LogP) is 0.554. The molecule has 1 fully saturated rings. The molecule has 2 atom stereocenters. The van der Waals surface area contributed by atoms with Gasteiger partial charge in [0.15, 0.2) is 0 Å². The molecule has 1 rings (SSSR count). The smallest absolute Gasteiger partial charge is 0.303 e. The van der Waals surface area contributed by atoms with Crippen molar-refractivity contribution in [2.75, 3.05) is 20.1 Å². The second-order valence-electron chi connectivity index (χ2n) is 5.28. The first-order chi connectivity index (χ1) is 7.88. The average Bonchev–Trinajstić information content (AvgIpc) is 2.14. The number of aliphatic carboxylic acids is 1. The highest BCUT2D eigenvalue weighted by atomic mass is 16.4. The third kappa shape index (κ3) is 4.73. The van der Waals surface area contributed by atoms with E-state index < -0.39 is 5.97 Å². The number of carboxylic acid groups (broad SMARTS) is 1. The number of nitrogens with one attached hydrogen (secondary N) is 1. The number of hydrogen-bond acceptors (Lipinski definition) is 3. The third-order valence-electron chi connectivity index (χ3n) is 3.05. The summed E-state index contributed by atoms with van der Waals surface area (Å²) in [5.74, 6) is -0.623. The average molecular weight is 242 g/mol. The van der Waals surface area contributed by atoms with Gasteiger partial charge in [-0.2, -0.15) is 0 Å². The van der Waals surface area contributed by atoms with Gasteiger partial charge in [0.05, 0.1) is 0 Å². The van der Waals surface area contributed by atoms with Gasteiger partial charge in [-0.05, 0) is 19.4 Å². The summed E-state index contributed by atoms with van der Waals surface area (Å²) < 4.78 is 0. The maximum Gasteiger partial charge on any atom is 0.303 e. The highest BCUT2D eigenvalue weighted by Gasteiger charge is 2.28. The van der Waals surface area contributed by atoms with Crippen LogP contribution >= 0.6 is 0 Å². The molecule has 1 saturated heterocycles.